The van der Waals surface area contributed by atoms with E-state index >= 15 is 0 Å². The zero-order valence-corrected chi connectivity index (χ0v) is 11.9. The van der Waals surface area contributed by atoms with E-state index in [1.165, 1.54) is 0 Å². The third-order valence-electron chi connectivity index (χ3n) is 2.89. The summed E-state index contributed by atoms with van der Waals surface area (Å²) in [4.78, 5) is 19.3. The van der Waals surface area contributed by atoms with Crippen molar-refractivity contribution >= 4 is 27.5 Å². The molecule has 0 amide bonds. The van der Waals surface area contributed by atoms with Crippen molar-refractivity contribution < 1.29 is 9.90 Å². The Balaban J connectivity index is 2.16. The van der Waals surface area contributed by atoms with Gasteiger partial charge in [-0.3, -0.25) is 9.20 Å². The Morgan fingerprint density at radius 3 is 3.00 bits per heavy atom. The smallest absolute Gasteiger partial charge is 0.309 e. The van der Waals surface area contributed by atoms with E-state index in [1.807, 2.05) is 24.3 Å². The van der Waals surface area contributed by atoms with E-state index in [1.54, 1.807) is 23.1 Å². The van der Waals surface area contributed by atoms with Crippen LogP contribution in [0.3, 0.4) is 0 Å². The van der Waals surface area contributed by atoms with Gasteiger partial charge in [0.1, 0.15) is 12.0 Å². The van der Waals surface area contributed by atoms with E-state index in [4.69, 9.17) is 5.11 Å². The highest BCUT2D eigenvalue weighted by Crippen LogP contribution is 2.25. The van der Waals surface area contributed by atoms with E-state index in [-0.39, 0.29) is 6.42 Å². The second-order valence-corrected chi connectivity index (χ2v) is 5.27. The first-order valence-electron chi connectivity index (χ1n) is 5.93. The van der Waals surface area contributed by atoms with Crippen molar-refractivity contribution in [3.05, 3.63) is 53.2 Å². The molecule has 3 aromatic rings. The van der Waals surface area contributed by atoms with Crippen LogP contribution in [0.1, 0.15) is 5.69 Å². The average molecular weight is 332 g/mol. The number of fused-ring (bicyclic) bond motifs is 1. The summed E-state index contributed by atoms with van der Waals surface area (Å²) in [7, 11) is 0. The van der Waals surface area contributed by atoms with Gasteiger partial charge < -0.3 is 5.11 Å². The fourth-order valence-corrected chi connectivity index (χ4v) is 2.47. The number of hydrogen-bond donors (Lipinski definition) is 1. The summed E-state index contributed by atoms with van der Waals surface area (Å²) in [6.45, 7) is 0. The summed E-state index contributed by atoms with van der Waals surface area (Å²) >= 11 is 3.44. The number of carboxylic acid groups (broad SMARTS) is 1. The highest BCUT2D eigenvalue weighted by Gasteiger charge is 2.11. The number of imidazole rings is 1. The Morgan fingerprint density at radius 1 is 1.40 bits per heavy atom. The minimum Gasteiger partial charge on any atom is -0.481 e. The van der Waals surface area contributed by atoms with Crippen molar-refractivity contribution in [2.45, 2.75) is 6.42 Å². The van der Waals surface area contributed by atoms with Crippen LogP contribution in [0.4, 0.5) is 0 Å². The van der Waals surface area contributed by atoms with Gasteiger partial charge in [-0.1, -0.05) is 28.1 Å². The normalized spacial score (nSPS) is 10.8. The molecule has 0 atom stereocenters. The Labute approximate surface area is 123 Å². The summed E-state index contributed by atoms with van der Waals surface area (Å²) in [5.41, 5.74) is 3.06. The topological polar surface area (TPSA) is 67.5 Å². The van der Waals surface area contributed by atoms with Gasteiger partial charge in [-0.15, -0.1) is 0 Å². The molecule has 3 rings (SSSR count). The largest absolute Gasteiger partial charge is 0.481 e. The van der Waals surface area contributed by atoms with Gasteiger partial charge in [0.25, 0.3) is 0 Å². The molecule has 5 nitrogen and oxygen atoms in total. The van der Waals surface area contributed by atoms with Crippen LogP contribution < -0.4 is 0 Å². The van der Waals surface area contributed by atoms with Crippen molar-refractivity contribution in [2.24, 2.45) is 0 Å². The number of aromatic nitrogens is 3. The van der Waals surface area contributed by atoms with Crippen molar-refractivity contribution in [3.8, 4) is 11.1 Å². The molecule has 2 heterocycles. The maximum absolute atomic E-state index is 10.8. The van der Waals surface area contributed by atoms with E-state index in [0.717, 1.165) is 15.6 Å². The van der Waals surface area contributed by atoms with Gasteiger partial charge in [-0.05, 0) is 17.7 Å². The monoisotopic (exact) mass is 331 g/mol. The Kier molecular flexibility index (Phi) is 3.23. The van der Waals surface area contributed by atoms with Gasteiger partial charge in [0.15, 0.2) is 0 Å². The lowest BCUT2D eigenvalue weighted by Gasteiger charge is -2.03. The molecular weight excluding hydrogens is 322 g/mol. The molecule has 20 heavy (non-hydrogen) atoms. The molecule has 0 radical (unpaired) electrons. The van der Waals surface area contributed by atoms with E-state index in [2.05, 4.69) is 25.9 Å². The molecule has 2 aromatic heterocycles. The van der Waals surface area contributed by atoms with Crippen LogP contribution in [-0.2, 0) is 11.2 Å². The van der Waals surface area contributed by atoms with Gasteiger partial charge >= 0.3 is 5.97 Å². The molecule has 6 heteroatoms. The van der Waals surface area contributed by atoms with Crippen LogP contribution in [-0.4, -0.2) is 25.4 Å². The van der Waals surface area contributed by atoms with Crippen molar-refractivity contribution in [2.75, 3.05) is 0 Å². The molecule has 0 saturated heterocycles. The third-order valence-corrected chi connectivity index (χ3v) is 3.38. The minimum absolute atomic E-state index is 0.0976. The molecule has 1 aromatic carbocycles. The van der Waals surface area contributed by atoms with Gasteiger partial charge in [0, 0.05) is 22.4 Å². The molecular formula is C14H10BrN3O2. The summed E-state index contributed by atoms with van der Waals surface area (Å²) in [5, 5.41) is 8.84. The Bertz CT molecular complexity index is 798. The number of rotatable bonds is 3. The molecule has 0 unspecified atom stereocenters. The number of aliphatic carboxylic acids is 1. The molecule has 0 fully saturated rings. The van der Waals surface area contributed by atoms with Gasteiger partial charge in [0.05, 0.1) is 12.1 Å². The predicted molar refractivity (Wildman–Crippen MR) is 77.5 cm³/mol. The first-order chi connectivity index (χ1) is 9.63. The van der Waals surface area contributed by atoms with E-state index in [0.29, 0.717) is 11.3 Å². The maximum Gasteiger partial charge on any atom is 0.309 e. The first-order valence-corrected chi connectivity index (χ1v) is 6.72. The SMILES string of the molecule is O=C(O)Cc1cn2cncc(-c3cccc(Br)c3)c2n1. The molecule has 1 N–H and O–H groups in total. The van der Waals surface area contributed by atoms with E-state index < -0.39 is 5.97 Å². The number of carbonyl (C=O) groups is 1. The van der Waals surface area contributed by atoms with Crippen LogP contribution >= 0.6 is 15.9 Å². The van der Waals surface area contributed by atoms with Crippen LogP contribution in [0.5, 0.6) is 0 Å². The first kappa shape index (κ1) is 12.8. The summed E-state index contributed by atoms with van der Waals surface area (Å²) in [6, 6.07) is 7.82. The summed E-state index contributed by atoms with van der Waals surface area (Å²) < 4.78 is 2.71. The van der Waals surface area contributed by atoms with Crippen LogP contribution in [0.2, 0.25) is 0 Å². The molecule has 0 spiro atoms. The predicted octanol–water partition coefficient (Wildman–Crippen LogP) is 2.79. The highest BCUT2D eigenvalue weighted by molar-refractivity contribution is 9.10. The van der Waals surface area contributed by atoms with Gasteiger partial charge in [0.2, 0.25) is 0 Å². The second kappa shape index (κ2) is 5.05. The van der Waals surface area contributed by atoms with Gasteiger partial charge in [-0.25, -0.2) is 9.97 Å². The lowest BCUT2D eigenvalue weighted by atomic mass is 10.1. The highest BCUT2D eigenvalue weighted by atomic mass is 79.9. The zero-order valence-electron chi connectivity index (χ0n) is 10.3. The maximum atomic E-state index is 10.8. The van der Waals surface area contributed by atoms with Crippen LogP contribution in [0.25, 0.3) is 16.8 Å². The Hall–Kier alpha value is -2.21. The number of hydrogen-bond acceptors (Lipinski definition) is 3. The number of carboxylic acids is 1. The fourth-order valence-electron chi connectivity index (χ4n) is 2.07. The van der Waals surface area contributed by atoms with Crippen molar-refractivity contribution in [1.82, 2.24) is 14.4 Å². The van der Waals surface area contributed by atoms with E-state index in [9.17, 15) is 4.79 Å². The second-order valence-electron chi connectivity index (χ2n) is 4.35. The summed E-state index contributed by atoms with van der Waals surface area (Å²) in [5.74, 6) is -0.898. The Morgan fingerprint density at radius 2 is 2.25 bits per heavy atom. The fraction of sp³-hybridized carbons (Fsp3) is 0.0714. The minimum atomic E-state index is -0.898. The summed E-state index contributed by atoms with van der Waals surface area (Å²) in [6.07, 6.45) is 4.95. The standard InChI is InChI=1S/C14H10BrN3O2/c15-10-3-1-2-9(4-10)12-6-16-8-18-7-11(5-13(19)20)17-14(12)18/h1-4,6-8H,5H2,(H,19,20). The quantitative estimate of drug-likeness (QED) is 0.801. The third kappa shape index (κ3) is 2.42. The van der Waals surface area contributed by atoms with Crippen LogP contribution in [0.15, 0.2) is 47.5 Å². The number of halogens is 1. The average Bonchev–Trinajstić information content (AvgIpc) is 2.79. The van der Waals surface area contributed by atoms with Gasteiger partial charge in [-0.2, -0.15) is 0 Å². The number of nitrogens with zero attached hydrogens (tertiary/aromatic N) is 3. The molecule has 0 saturated carbocycles. The molecule has 0 aliphatic heterocycles. The van der Waals surface area contributed by atoms with Crippen molar-refractivity contribution in [3.63, 3.8) is 0 Å². The molecule has 0 aliphatic rings. The van der Waals surface area contributed by atoms with Crippen LogP contribution in [0, 0.1) is 0 Å². The number of benzene rings is 1. The molecule has 0 aliphatic carbocycles. The lowest BCUT2D eigenvalue weighted by molar-refractivity contribution is -0.136. The lowest BCUT2D eigenvalue weighted by Crippen LogP contribution is -1.99. The zero-order chi connectivity index (χ0) is 14.1. The molecule has 0 bridgehead atoms. The molecule has 100 valence electrons. The van der Waals surface area contributed by atoms with Crippen molar-refractivity contribution in [1.29, 1.82) is 0 Å².